The maximum Gasteiger partial charge on any atom is 0.224 e. The summed E-state index contributed by atoms with van der Waals surface area (Å²) in [5, 5.41) is 2.73. The quantitative estimate of drug-likeness (QED) is 0.748. The van der Waals surface area contributed by atoms with Gasteiger partial charge < -0.3 is 5.32 Å². The smallest absolute Gasteiger partial charge is 0.224 e. The number of hydrogen-bond acceptors (Lipinski definition) is 2. The minimum absolute atomic E-state index is 0. The summed E-state index contributed by atoms with van der Waals surface area (Å²) in [7, 11) is 0. The maximum absolute atomic E-state index is 11.6. The lowest BCUT2D eigenvalue weighted by atomic mass is 10.1. The average molecular weight is 303 g/mol. The van der Waals surface area contributed by atoms with Crippen molar-refractivity contribution in [2.24, 2.45) is 0 Å². The Hall–Kier alpha value is -0.910. The van der Waals surface area contributed by atoms with Crippen LogP contribution in [0.1, 0.15) is 24.6 Å². The maximum atomic E-state index is 11.6. The highest BCUT2D eigenvalue weighted by atomic mass is 127. The number of halogens is 1. The molecule has 0 radical (unpaired) electrons. The molecule has 74 valence electrons. The van der Waals surface area contributed by atoms with Gasteiger partial charge in [-0.2, -0.15) is 0 Å². The van der Waals surface area contributed by atoms with Crippen molar-refractivity contribution >= 4 is 40.0 Å². The molecule has 0 saturated carbocycles. The Morgan fingerprint density at radius 3 is 2.86 bits per heavy atom. The minimum atomic E-state index is -0.0842. The predicted octanol–water partition coefficient (Wildman–Crippen LogP) is 2.45. The fraction of sp³-hybridized carbons (Fsp3) is 0.200. The van der Waals surface area contributed by atoms with Gasteiger partial charge in [0.1, 0.15) is 0 Å². The predicted molar refractivity (Wildman–Crippen MR) is 63.5 cm³/mol. The van der Waals surface area contributed by atoms with Gasteiger partial charge in [-0.3, -0.25) is 9.59 Å². The minimum Gasteiger partial charge on any atom is -0.325 e. The molecule has 1 N–H and O–H groups in total. The van der Waals surface area contributed by atoms with Crippen molar-refractivity contribution in [1.29, 1.82) is 0 Å². The van der Waals surface area contributed by atoms with Gasteiger partial charge >= 0.3 is 0 Å². The second-order valence-electron chi connectivity index (χ2n) is 3.16. The normalized spacial score (nSPS) is 15.8. The standard InChI is InChI=1S/C10H8INO2.H2/c11-6-1-2-7-8(5-6)12-10(14)4-3-9(7)13;/h1-2,5H,3-4H2,(H,12,14);1H. The molecule has 3 nitrogen and oxygen atoms in total. The zero-order valence-electron chi connectivity index (χ0n) is 7.34. The molecule has 14 heavy (non-hydrogen) atoms. The van der Waals surface area contributed by atoms with E-state index < -0.39 is 0 Å². The van der Waals surface area contributed by atoms with Crippen LogP contribution < -0.4 is 5.32 Å². The SMILES string of the molecule is O=C1CCC(=O)c2ccc(I)cc2N1.[HH]. The van der Waals surface area contributed by atoms with E-state index in [4.69, 9.17) is 0 Å². The van der Waals surface area contributed by atoms with Gasteiger partial charge in [-0.05, 0) is 40.8 Å². The second-order valence-corrected chi connectivity index (χ2v) is 4.41. The summed E-state index contributed by atoms with van der Waals surface area (Å²) in [5.74, 6) is -0.0474. The number of carbonyl (C=O) groups is 2. The monoisotopic (exact) mass is 303 g/mol. The Morgan fingerprint density at radius 1 is 1.29 bits per heavy atom. The summed E-state index contributed by atoms with van der Waals surface area (Å²) in [6, 6.07) is 5.46. The Balaban J connectivity index is 0.00000112. The van der Waals surface area contributed by atoms with Crippen LogP contribution in [0.2, 0.25) is 0 Å². The van der Waals surface area contributed by atoms with Crippen LogP contribution in [-0.4, -0.2) is 11.7 Å². The number of amides is 1. The lowest BCUT2D eigenvalue weighted by Gasteiger charge is -2.05. The number of benzene rings is 1. The number of fused-ring (bicyclic) bond motifs is 1. The van der Waals surface area contributed by atoms with Gasteiger partial charge in [0.25, 0.3) is 0 Å². The molecule has 1 aromatic rings. The zero-order valence-corrected chi connectivity index (χ0v) is 9.50. The van der Waals surface area contributed by atoms with E-state index >= 15 is 0 Å². The van der Waals surface area contributed by atoms with Crippen LogP contribution in [0, 0.1) is 3.57 Å². The molecule has 1 aliphatic heterocycles. The highest BCUT2D eigenvalue weighted by Crippen LogP contribution is 2.23. The van der Waals surface area contributed by atoms with E-state index in [2.05, 4.69) is 27.9 Å². The number of ketones is 1. The first kappa shape index (κ1) is 9.64. The van der Waals surface area contributed by atoms with Crippen molar-refractivity contribution < 1.29 is 11.0 Å². The Morgan fingerprint density at radius 2 is 2.07 bits per heavy atom. The van der Waals surface area contributed by atoms with Crippen molar-refractivity contribution in [3.05, 3.63) is 27.3 Å². The van der Waals surface area contributed by atoms with Gasteiger partial charge in [0.2, 0.25) is 5.91 Å². The van der Waals surface area contributed by atoms with Gasteiger partial charge in [0, 0.05) is 23.4 Å². The first-order valence-corrected chi connectivity index (χ1v) is 5.37. The molecular formula is C10H10INO2. The molecule has 1 heterocycles. The molecule has 0 spiro atoms. The average Bonchev–Trinajstić information content (AvgIpc) is 2.26. The molecule has 0 aromatic heterocycles. The van der Waals surface area contributed by atoms with Crippen molar-refractivity contribution in [2.45, 2.75) is 12.8 Å². The molecule has 0 bridgehead atoms. The second kappa shape index (κ2) is 3.68. The number of hydrogen-bond donors (Lipinski definition) is 1. The van der Waals surface area contributed by atoms with Gasteiger partial charge in [-0.1, -0.05) is 0 Å². The van der Waals surface area contributed by atoms with Crippen LogP contribution in [-0.2, 0) is 4.79 Å². The van der Waals surface area contributed by atoms with Gasteiger partial charge in [0.05, 0.1) is 5.69 Å². The Kier molecular flexibility index (Phi) is 2.54. The van der Waals surface area contributed by atoms with E-state index in [-0.39, 0.29) is 19.5 Å². The summed E-state index contributed by atoms with van der Waals surface area (Å²) in [4.78, 5) is 22.8. The lowest BCUT2D eigenvalue weighted by Crippen LogP contribution is -2.09. The third kappa shape index (κ3) is 1.79. The largest absolute Gasteiger partial charge is 0.325 e. The first-order chi connectivity index (χ1) is 6.66. The van der Waals surface area contributed by atoms with Crippen LogP contribution in [0.25, 0.3) is 0 Å². The lowest BCUT2D eigenvalue weighted by molar-refractivity contribution is -0.116. The summed E-state index contributed by atoms with van der Waals surface area (Å²) in [6.07, 6.45) is 0.587. The van der Waals surface area contributed by atoms with E-state index in [9.17, 15) is 9.59 Å². The molecule has 0 fully saturated rings. The van der Waals surface area contributed by atoms with Gasteiger partial charge in [0.15, 0.2) is 5.78 Å². The number of rotatable bonds is 0. The number of carbonyl (C=O) groups excluding carboxylic acids is 2. The highest BCUT2D eigenvalue weighted by Gasteiger charge is 2.18. The molecule has 1 aromatic carbocycles. The molecule has 0 aliphatic carbocycles. The van der Waals surface area contributed by atoms with Gasteiger partial charge in [-0.25, -0.2) is 0 Å². The van der Waals surface area contributed by atoms with E-state index in [0.29, 0.717) is 17.7 Å². The van der Waals surface area contributed by atoms with Crippen molar-refractivity contribution in [3.8, 4) is 0 Å². The fourth-order valence-corrected chi connectivity index (χ4v) is 1.93. The number of Topliss-reactive ketones (excluding diaryl/α,β-unsaturated/α-hetero) is 1. The van der Waals surface area contributed by atoms with Crippen LogP contribution in [0.3, 0.4) is 0 Å². The fourth-order valence-electron chi connectivity index (χ4n) is 1.44. The topological polar surface area (TPSA) is 46.2 Å². The van der Waals surface area contributed by atoms with E-state index in [1.165, 1.54) is 0 Å². The Labute approximate surface area is 96.5 Å². The van der Waals surface area contributed by atoms with Crippen molar-refractivity contribution in [2.75, 3.05) is 5.32 Å². The first-order valence-electron chi connectivity index (χ1n) is 4.29. The van der Waals surface area contributed by atoms with Crippen molar-refractivity contribution in [3.63, 3.8) is 0 Å². The zero-order chi connectivity index (χ0) is 10.1. The molecule has 1 amide bonds. The number of nitrogens with one attached hydrogen (secondary N) is 1. The van der Waals surface area contributed by atoms with E-state index in [0.717, 1.165) is 3.57 Å². The van der Waals surface area contributed by atoms with Gasteiger partial charge in [-0.15, -0.1) is 0 Å². The summed E-state index contributed by atoms with van der Waals surface area (Å²) < 4.78 is 1.01. The molecule has 0 atom stereocenters. The molecular weight excluding hydrogens is 293 g/mol. The van der Waals surface area contributed by atoms with Crippen LogP contribution in [0.15, 0.2) is 18.2 Å². The Bertz CT molecular complexity index is 420. The summed E-state index contributed by atoms with van der Waals surface area (Å²) >= 11 is 2.15. The third-order valence-electron chi connectivity index (χ3n) is 2.14. The van der Waals surface area contributed by atoms with E-state index in [1.54, 1.807) is 6.07 Å². The highest BCUT2D eigenvalue weighted by molar-refractivity contribution is 14.1. The molecule has 2 rings (SSSR count). The van der Waals surface area contributed by atoms with E-state index in [1.807, 2.05) is 12.1 Å². The molecule has 4 heteroatoms. The van der Waals surface area contributed by atoms with Crippen LogP contribution in [0.4, 0.5) is 5.69 Å². The molecule has 1 aliphatic rings. The molecule has 0 unspecified atom stereocenters. The van der Waals surface area contributed by atoms with Crippen LogP contribution >= 0.6 is 22.6 Å². The molecule has 0 saturated heterocycles. The van der Waals surface area contributed by atoms with Crippen LogP contribution in [0.5, 0.6) is 0 Å². The van der Waals surface area contributed by atoms with Crippen molar-refractivity contribution in [1.82, 2.24) is 0 Å². The number of anilines is 1. The summed E-state index contributed by atoms with van der Waals surface area (Å²) in [5.41, 5.74) is 1.26. The third-order valence-corrected chi connectivity index (χ3v) is 2.81. The summed E-state index contributed by atoms with van der Waals surface area (Å²) in [6.45, 7) is 0.